The maximum Gasteiger partial charge on any atom is 0.235 e. The standard InChI is InChI=1S/C15H27N3O2/c16-15(20)13(17-12-7-3-1-4-8-12)11-14(19)18-9-5-2-6-10-18/h12-13,17H,1-11H2,(H2,16,20). The number of nitrogens with two attached hydrogens (primary N) is 1. The smallest absolute Gasteiger partial charge is 0.235 e. The van der Waals surface area contributed by atoms with E-state index >= 15 is 0 Å². The number of likely N-dealkylation sites (tertiary alicyclic amines) is 1. The number of nitrogens with zero attached hydrogens (tertiary/aromatic N) is 1. The second-order valence-electron chi connectivity index (χ2n) is 6.10. The van der Waals surface area contributed by atoms with Crippen LogP contribution in [0.1, 0.15) is 57.8 Å². The molecule has 0 radical (unpaired) electrons. The summed E-state index contributed by atoms with van der Waals surface area (Å²) in [5.41, 5.74) is 5.46. The summed E-state index contributed by atoms with van der Waals surface area (Å²) in [6.07, 6.45) is 9.39. The van der Waals surface area contributed by atoms with E-state index in [0.29, 0.717) is 6.04 Å². The summed E-state index contributed by atoms with van der Waals surface area (Å²) in [4.78, 5) is 25.7. The van der Waals surface area contributed by atoms with Gasteiger partial charge in [-0.15, -0.1) is 0 Å². The van der Waals surface area contributed by atoms with Gasteiger partial charge in [-0.25, -0.2) is 0 Å². The van der Waals surface area contributed by atoms with Crippen molar-refractivity contribution < 1.29 is 9.59 Å². The average molecular weight is 281 g/mol. The molecule has 1 heterocycles. The molecule has 1 aliphatic heterocycles. The summed E-state index contributed by atoms with van der Waals surface area (Å²) in [6.45, 7) is 1.65. The molecular formula is C15H27N3O2. The van der Waals surface area contributed by atoms with Crippen LogP contribution in [0.25, 0.3) is 0 Å². The molecule has 1 aliphatic carbocycles. The van der Waals surface area contributed by atoms with Crippen molar-refractivity contribution in [2.75, 3.05) is 13.1 Å². The van der Waals surface area contributed by atoms with Crippen LogP contribution < -0.4 is 11.1 Å². The Morgan fingerprint density at radius 1 is 1.05 bits per heavy atom. The molecule has 5 nitrogen and oxygen atoms in total. The molecule has 2 amide bonds. The van der Waals surface area contributed by atoms with Crippen molar-refractivity contribution in [1.82, 2.24) is 10.2 Å². The number of carbonyl (C=O) groups is 2. The number of carbonyl (C=O) groups excluding carboxylic acids is 2. The Hall–Kier alpha value is -1.10. The maximum atomic E-state index is 12.2. The molecule has 0 bridgehead atoms. The van der Waals surface area contributed by atoms with E-state index in [4.69, 9.17) is 5.73 Å². The molecule has 0 aromatic rings. The molecule has 20 heavy (non-hydrogen) atoms. The predicted molar refractivity (Wildman–Crippen MR) is 78.0 cm³/mol. The van der Waals surface area contributed by atoms with Crippen molar-refractivity contribution in [3.8, 4) is 0 Å². The van der Waals surface area contributed by atoms with Gasteiger partial charge in [0.05, 0.1) is 12.5 Å². The average Bonchev–Trinajstić information content (AvgIpc) is 2.48. The fraction of sp³-hybridized carbons (Fsp3) is 0.867. The Bertz CT molecular complexity index is 334. The Morgan fingerprint density at radius 2 is 1.65 bits per heavy atom. The Labute approximate surface area is 121 Å². The quantitative estimate of drug-likeness (QED) is 0.794. The van der Waals surface area contributed by atoms with Crippen LogP contribution in [0.3, 0.4) is 0 Å². The van der Waals surface area contributed by atoms with Crippen molar-refractivity contribution in [3.63, 3.8) is 0 Å². The number of nitrogens with one attached hydrogen (secondary N) is 1. The number of primary amides is 1. The summed E-state index contributed by atoms with van der Waals surface area (Å²) in [5.74, 6) is -0.335. The number of rotatable bonds is 5. The third kappa shape index (κ3) is 4.47. The first-order valence-electron chi connectivity index (χ1n) is 8.00. The summed E-state index contributed by atoms with van der Waals surface area (Å²) < 4.78 is 0. The van der Waals surface area contributed by atoms with E-state index in [9.17, 15) is 9.59 Å². The number of hydrogen-bond acceptors (Lipinski definition) is 3. The largest absolute Gasteiger partial charge is 0.368 e. The van der Waals surface area contributed by atoms with Crippen LogP contribution in [-0.2, 0) is 9.59 Å². The highest BCUT2D eigenvalue weighted by Crippen LogP contribution is 2.18. The Kier molecular flexibility index (Phi) is 5.83. The zero-order valence-electron chi connectivity index (χ0n) is 12.3. The van der Waals surface area contributed by atoms with Crippen molar-refractivity contribution in [1.29, 1.82) is 0 Å². The highest BCUT2D eigenvalue weighted by atomic mass is 16.2. The van der Waals surface area contributed by atoms with E-state index < -0.39 is 11.9 Å². The molecule has 3 N–H and O–H groups in total. The first kappa shape index (κ1) is 15.3. The van der Waals surface area contributed by atoms with Crippen LogP contribution in [-0.4, -0.2) is 41.9 Å². The molecule has 1 unspecified atom stereocenters. The zero-order valence-corrected chi connectivity index (χ0v) is 12.3. The van der Waals surface area contributed by atoms with Gasteiger partial charge in [0.15, 0.2) is 0 Å². The summed E-state index contributed by atoms with van der Waals surface area (Å²) >= 11 is 0. The van der Waals surface area contributed by atoms with Gasteiger partial charge in [-0.05, 0) is 32.1 Å². The minimum absolute atomic E-state index is 0.0665. The summed E-state index contributed by atoms with van der Waals surface area (Å²) in [5, 5.41) is 3.30. The van der Waals surface area contributed by atoms with Gasteiger partial charge in [0.2, 0.25) is 11.8 Å². The molecule has 0 spiro atoms. The van der Waals surface area contributed by atoms with Crippen LogP contribution in [0.4, 0.5) is 0 Å². The van der Waals surface area contributed by atoms with Crippen LogP contribution in [0.5, 0.6) is 0 Å². The van der Waals surface area contributed by atoms with Crippen molar-refractivity contribution in [2.45, 2.75) is 69.9 Å². The number of piperidine rings is 1. The molecule has 1 saturated heterocycles. The van der Waals surface area contributed by atoms with E-state index in [1.807, 2.05) is 4.90 Å². The normalized spacial score (nSPS) is 22.5. The van der Waals surface area contributed by atoms with Gasteiger partial charge < -0.3 is 16.0 Å². The Morgan fingerprint density at radius 3 is 2.25 bits per heavy atom. The molecule has 0 aromatic heterocycles. The molecule has 2 aliphatic rings. The van der Waals surface area contributed by atoms with Crippen molar-refractivity contribution in [2.24, 2.45) is 5.73 Å². The second-order valence-corrected chi connectivity index (χ2v) is 6.10. The van der Waals surface area contributed by atoms with Crippen LogP contribution >= 0.6 is 0 Å². The molecule has 0 aromatic carbocycles. The van der Waals surface area contributed by atoms with Crippen molar-refractivity contribution >= 4 is 11.8 Å². The molecular weight excluding hydrogens is 254 g/mol. The number of hydrogen-bond donors (Lipinski definition) is 2. The van der Waals surface area contributed by atoms with Gasteiger partial charge in [-0.2, -0.15) is 0 Å². The monoisotopic (exact) mass is 281 g/mol. The fourth-order valence-corrected chi connectivity index (χ4v) is 3.24. The lowest BCUT2D eigenvalue weighted by molar-refractivity contribution is -0.135. The van der Waals surface area contributed by atoms with Crippen LogP contribution in [0.15, 0.2) is 0 Å². The van der Waals surface area contributed by atoms with Gasteiger partial charge in [0.1, 0.15) is 0 Å². The lowest BCUT2D eigenvalue weighted by Gasteiger charge is -2.30. The van der Waals surface area contributed by atoms with Gasteiger partial charge in [-0.1, -0.05) is 19.3 Å². The molecule has 1 saturated carbocycles. The first-order valence-corrected chi connectivity index (χ1v) is 8.00. The molecule has 2 rings (SSSR count). The van der Waals surface area contributed by atoms with Gasteiger partial charge in [0.25, 0.3) is 0 Å². The summed E-state index contributed by atoms with van der Waals surface area (Å²) in [6, 6.07) is -0.164. The van der Waals surface area contributed by atoms with Gasteiger partial charge in [-0.3, -0.25) is 9.59 Å². The molecule has 114 valence electrons. The van der Waals surface area contributed by atoms with Crippen LogP contribution in [0.2, 0.25) is 0 Å². The fourth-order valence-electron chi connectivity index (χ4n) is 3.24. The highest BCUT2D eigenvalue weighted by molar-refractivity contribution is 5.87. The van der Waals surface area contributed by atoms with Crippen LogP contribution in [0, 0.1) is 0 Å². The van der Waals surface area contributed by atoms with E-state index in [1.54, 1.807) is 0 Å². The van der Waals surface area contributed by atoms with Gasteiger partial charge >= 0.3 is 0 Å². The maximum absolute atomic E-state index is 12.2. The molecule has 1 atom stereocenters. The minimum atomic E-state index is -0.507. The molecule has 5 heteroatoms. The Balaban J connectivity index is 1.84. The lowest BCUT2D eigenvalue weighted by atomic mass is 9.94. The first-order chi connectivity index (χ1) is 9.66. The second kappa shape index (κ2) is 7.62. The lowest BCUT2D eigenvalue weighted by Crippen LogP contribution is -2.50. The number of amides is 2. The topological polar surface area (TPSA) is 75.4 Å². The van der Waals surface area contributed by atoms with E-state index in [1.165, 1.54) is 25.7 Å². The third-order valence-corrected chi connectivity index (χ3v) is 4.47. The SMILES string of the molecule is NC(=O)C(CC(=O)N1CCCCC1)NC1CCCCC1. The minimum Gasteiger partial charge on any atom is -0.368 e. The van der Waals surface area contributed by atoms with E-state index in [-0.39, 0.29) is 12.3 Å². The zero-order chi connectivity index (χ0) is 14.4. The van der Waals surface area contributed by atoms with E-state index in [0.717, 1.165) is 38.8 Å². The predicted octanol–water partition coefficient (Wildman–Crippen LogP) is 1.17. The van der Waals surface area contributed by atoms with Crippen molar-refractivity contribution in [3.05, 3.63) is 0 Å². The third-order valence-electron chi connectivity index (χ3n) is 4.47. The highest BCUT2D eigenvalue weighted by Gasteiger charge is 2.26. The summed E-state index contributed by atoms with van der Waals surface area (Å²) in [7, 11) is 0. The van der Waals surface area contributed by atoms with Gasteiger partial charge in [0, 0.05) is 19.1 Å². The molecule has 2 fully saturated rings. The van der Waals surface area contributed by atoms with E-state index in [2.05, 4.69) is 5.32 Å².